The number of carboxylic acid groups (broad SMARTS) is 1. The summed E-state index contributed by atoms with van der Waals surface area (Å²) in [5.74, 6) is -4.64. The Kier molecular flexibility index (Phi) is 5.66. The van der Waals surface area contributed by atoms with Gasteiger partial charge in [0.15, 0.2) is 0 Å². The summed E-state index contributed by atoms with van der Waals surface area (Å²) < 4.78 is 36.2. The minimum absolute atomic E-state index is 0.0738. The van der Waals surface area contributed by atoms with Gasteiger partial charge >= 0.3 is 5.97 Å². The fraction of sp³-hybridized carbons (Fsp3) is 0.231. The van der Waals surface area contributed by atoms with Crippen LogP contribution >= 0.6 is 0 Å². The van der Waals surface area contributed by atoms with Crippen LogP contribution in [0.4, 0.5) is 8.78 Å². The zero-order chi connectivity index (χ0) is 25.7. The predicted molar refractivity (Wildman–Crippen MR) is 125 cm³/mol. The second-order valence-corrected chi connectivity index (χ2v) is 8.85. The molecule has 0 aliphatic heterocycles. The zero-order valence-electron chi connectivity index (χ0n) is 19.1. The van der Waals surface area contributed by atoms with Gasteiger partial charge in [0.2, 0.25) is 5.89 Å². The van der Waals surface area contributed by atoms with E-state index in [1.165, 1.54) is 31.5 Å². The van der Waals surface area contributed by atoms with Gasteiger partial charge in [0.05, 0.1) is 22.7 Å². The van der Waals surface area contributed by atoms with Crippen LogP contribution in [0, 0.1) is 24.5 Å². The minimum atomic E-state index is -1.37. The Bertz CT molecular complexity index is 1590. The number of carbonyl (C=O) groups excluding carboxylic acids is 1. The third-order valence-corrected chi connectivity index (χ3v) is 6.71. The van der Waals surface area contributed by atoms with Gasteiger partial charge < -0.3 is 19.8 Å². The molecule has 1 aliphatic rings. The quantitative estimate of drug-likeness (QED) is 0.401. The van der Waals surface area contributed by atoms with Crippen molar-refractivity contribution in [3.05, 3.63) is 98.6 Å². The van der Waals surface area contributed by atoms with E-state index in [1.807, 2.05) is 0 Å². The van der Waals surface area contributed by atoms with E-state index in [0.717, 1.165) is 29.5 Å². The summed E-state index contributed by atoms with van der Waals surface area (Å²) in [5, 5.41) is 9.71. The van der Waals surface area contributed by atoms with Gasteiger partial charge in [0.1, 0.15) is 24.4 Å². The number of nitrogens with two attached hydrogens (primary N) is 1. The first-order chi connectivity index (χ1) is 17.2. The number of aromatic carboxylic acids is 1. The van der Waals surface area contributed by atoms with Gasteiger partial charge in [-0.25, -0.2) is 18.6 Å². The molecule has 184 valence electrons. The molecule has 2 aromatic heterocycles. The molecule has 0 unspecified atom stereocenters. The van der Waals surface area contributed by atoms with Crippen LogP contribution in [-0.2, 0) is 6.54 Å². The van der Waals surface area contributed by atoms with Crippen molar-refractivity contribution in [3.8, 4) is 0 Å². The summed E-state index contributed by atoms with van der Waals surface area (Å²) in [6.07, 6.45) is 4.13. The Hall–Kier alpha value is -4.34. The SMILES string of the molecule is Cc1c(C(=O)O)c2c([C@@H](c3cccc(F)c3C(N)=O)C3CC3)ccc(F)c2c(=O)n1Cc1ncco1. The summed E-state index contributed by atoms with van der Waals surface area (Å²) >= 11 is 0. The molecule has 3 N–H and O–H groups in total. The van der Waals surface area contributed by atoms with E-state index in [9.17, 15) is 23.9 Å². The van der Waals surface area contributed by atoms with Crippen molar-refractivity contribution in [2.75, 3.05) is 0 Å². The summed E-state index contributed by atoms with van der Waals surface area (Å²) in [7, 11) is 0. The number of aromatic nitrogens is 2. The number of halogens is 2. The lowest BCUT2D eigenvalue weighted by Crippen LogP contribution is -2.28. The summed E-state index contributed by atoms with van der Waals surface area (Å²) in [5.41, 5.74) is 4.84. The third-order valence-electron chi connectivity index (χ3n) is 6.71. The monoisotopic (exact) mass is 493 g/mol. The highest BCUT2D eigenvalue weighted by Crippen LogP contribution is 2.49. The second-order valence-electron chi connectivity index (χ2n) is 8.85. The molecular weight excluding hydrogens is 472 g/mol. The first-order valence-corrected chi connectivity index (χ1v) is 11.3. The largest absolute Gasteiger partial charge is 0.478 e. The Morgan fingerprint density at radius 1 is 1.14 bits per heavy atom. The lowest BCUT2D eigenvalue weighted by molar-refractivity contribution is 0.0696. The van der Waals surface area contributed by atoms with Crippen molar-refractivity contribution in [2.24, 2.45) is 11.7 Å². The van der Waals surface area contributed by atoms with Crippen LogP contribution in [0.2, 0.25) is 0 Å². The number of primary amides is 1. The second kappa shape index (κ2) is 8.71. The van der Waals surface area contributed by atoms with Crippen molar-refractivity contribution < 1.29 is 27.9 Å². The van der Waals surface area contributed by atoms with E-state index in [1.54, 1.807) is 6.07 Å². The number of rotatable bonds is 7. The van der Waals surface area contributed by atoms with E-state index in [2.05, 4.69) is 4.98 Å². The van der Waals surface area contributed by atoms with Crippen LogP contribution in [0.1, 0.15) is 62.2 Å². The van der Waals surface area contributed by atoms with Crippen LogP contribution in [0.15, 0.2) is 52.0 Å². The molecule has 10 heteroatoms. The number of amides is 1. The van der Waals surface area contributed by atoms with Gasteiger partial charge in [-0.15, -0.1) is 0 Å². The molecule has 1 amide bonds. The van der Waals surface area contributed by atoms with E-state index >= 15 is 4.39 Å². The average molecular weight is 493 g/mol. The highest BCUT2D eigenvalue weighted by Gasteiger charge is 2.38. The maximum atomic E-state index is 15.2. The predicted octanol–water partition coefficient (Wildman–Crippen LogP) is 3.96. The number of oxazole rings is 1. The topological polar surface area (TPSA) is 128 Å². The third kappa shape index (κ3) is 3.74. The van der Waals surface area contributed by atoms with Crippen molar-refractivity contribution in [1.82, 2.24) is 9.55 Å². The highest BCUT2D eigenvalue weighted by molar-refractivity contribution is 6.06. The summed E-state index contributed by atoms with van der Waals surface area (Å²) in [6, 6.07) is 6.60. The number of pyridine rings is 1. The van der Waals surface area contributed by atoms with Crippen LogP contribution in [0.5, 0.6) is 0 Å². The molecule has 1 aliphatic carbocycles. The molecule has 5 rings (SSSR count). The molecule has 36 heavy (non-hydrogen) atoms. The lowest BCUT2D eigenvalue weighted by atomic mass is 9.81. The van der Waals surface area contributed by atoms with Gasteiger partial charge in [-0.2, -0.15) is 0 Å². The molecule has 1 atom stereocenters. The first kappa shape index (κ1) is 23.4. The van der Waals surface area contributed by atoms with Gasteiger partial charge in [0, 0.05) is 17.0 Å². The summed E-state index contributed by atoms with van der Waals surface area (Å²) in [4.78, 5) is 42.2. The van der Waals surface area contributed by atoms with Gasteiger partial charge in [0.25, 0.3) is 11.5 Å². The number of carboxylic acids is 1. The highest BCUT2D eigenvalue weighted by atomic mass is 19.1. The number of nitrogens with zero attached hydrogens (tertiary/aromatic N) is 2. The number of carbonyl (C=O) groups is 2. The molecule has 0 radical (unpaired) electrons. The summed E-state index contributed by atoms with van der Waals surface area (Å²) in [6.45, 7) is 1.25. The Balaban J connectivity index is 1.87. The molecule has 8 nitrogen and oxygen atoms in total. The molecule has 2 aromatic carbocycles. The molecular formula is C26H21F2N3O5. The van der Waals surface area contributed by atoms with Gasteiger partial charge in [-0.05, 0) is 48.9 Å². The number of hydrogen-bond donors (Lipinski definition) is 2. The van der Waals surface area contributed by atoms with Crippen LogP contribution in [0.3, 0.4) is 0 Å². The van der Waals surface area contributed by atoms with Crippen LogP contribution < -0.4 is 11.3 Å². The first-order valence-electron chi connectivity index (χ1n) is 11.3. The van der Waals surface area contributed by atoms with Crippen molar-refractivity contribution in [2.45, 2.75) is 32.2 Å². The minimum Gasteiger partial charge on any atom is -0.478 e. The number of fused-ring (bicyclic) bond motifs is 1. The van der Waals surface area contributed by atoms with Crippen LogP contribution in [-0.4, -0.2) is 26.5 Å². The molecule has 0 bridgehead atoms. The standard InChI is InChI=1S/C26H21F2N3O5/c1-12-19(26(34)35)22-15(20(13-5-6-13)14-3-2-4-16(27)21(14)24(29)32)7-8-17(28)23(22)25(33)31(12)11-18-30-9-10-36-18/h2-4,7-10,13,20H,5-6,11H2,1H3,(H2,29,32)(H,34,35)/t20-/m1/s1. The molecule has 4 aromatic rings. The van der Waals surface area contributed by atoms with Crippen LogP contribution in [0.25, 0.3) is 10.8 Å². The van der Waals surface area contributed by atoms with Crippen molar-refractivity contribution >= 4 is 22.6 Å². The number of hydrogen-bond acceptors (Lipinski definition) is 5. The molecule has 1 fully saturated rings. The van der Waals surface area contributed by atoms with Gasteiger partial charge in [-0.1, -0.05) is 18.2 Å². The zero-order valence-corrected chi connectivity index (χ0v) is 19.1. The fourth-order valence-electron chi connectivity index (χ4n) is 5.02. The van der Waals surface area contributed by atoms with E-state index in [0.29, 0.717) is 5.56 Å². The molecule has 0 saturated heterocycles. The maximum absolute atomic E-state index is 15.2. The lowest BCUT2D eigenvalue weighted by Gasteiger charge is -2.24. The van der Waals surface area contributed by atoms with Crippen molar-refractivity contribution in [1.29, 1.82) is 0 Å². The number of benzene rings is 2. The van der Waals surface area contributed by atoms with E-state index < -0.39 is 40.4 Å². The Labute approximate surface area is 203 Å². The fourth-order valence-corrected chi connectivity index (χ4v) is 5.02. The molecule has 0 spiro atoms. The average Bonchev–Trinajstić information content (AvgIpc) is 3.51. The maximum Gasteiger partial charge on any atom is 0.338 e. The molecule has 2 heterocycles. The Morgan fingerprint density at radius 3 is 2.50 bits per heavy atom. The van der Waals surface area contributed by atoms with Gasteiger partial charge in [-0.3, -0.25) is 9.59 Å². The van der Waals surface area contributed by atoms with E-state index in [4.69, 9.17) is 10.2 Å². The molecule has 1 saturated carbocycles. The normalized spacial score (nSPS) is 14.2. The Morgan fingerprint density at radius 2 is 1.89 bits per heavy atom. The van der Waals surface area contributed by atoms with E-state index in [-0.39, 0.29) is 46.1 Å². The smallest absolute Gasteiger partial charge is 0.338 e. The van der Waals surface area contributed by atoms with Crippen molar-refractivity contribution in [3.63, 3.8) is 0 Å².